The summed E-state index contributed by atoms with van der Waals surface area (Å²) in [6, 6.07) is 0. The zero-order valence-corrected chi connectivity index (χ0v) is 3.21. The summed E-state index contributed by atoms with van der Waals surface area (Å²) in [4.78, 5) is 8.36. The van der Waals surface area contributed by atoms with Crippen molar-refractivity contribution in [3.8, 4) is 0 Å². The van der Waals surface area contributed by atoms with Gasteiger partial charge >= 0.3 is 18.9 Å². The quantitative estimate of drug-likeness (QED) is 0.186. The van der Waals surface area contributed by atoms with E-state index in [0.29, 0.717) is 0 Å². The molecule has 0 aliphatic rings. The standard InChI is InChI=1S/Li.HNO3.H2O.H/c;2-1(3)4;;/h;(H,2,3,4);1H2;/q+1;;;-1. The van der Waals surface area contributed by atoms with Gasteiger partial charge in [0.25, 0.3) is 5.09 Å². The van der Waals surface area contributed by atoms with Crippen LogP contribution in [-0.4, -0.2) is 15.8 Å². The third-order valence-electron chi connectivity index (χ3n) is 0. The summed E-state index contributed by atoms with van der Waals surface area (Å²) in [6.45, 7) is 0. The van der Waals surface area contributed by atoms with E-state index in [-0.39, 0.29) is 25.8 Å². The van der Waals surface area contributed by atoms with Crippen molar-refractivity contribution in [2.24, 2.45) is 0 Å². The SMILES string of the molecule is O.O=[N+]([O-])O.[H-].[Li+]. The van der Waals surface area contributed by atoms with Gasteiger partial charge in [-0.05, 0) is 0 Å². The van der Waals surface area contributed by atoms with Crippen LogP contribution in [0.5, 0.6) is 0 Å². The molecule has 0 aliphatic carbocycles. The Morgan fingerprint density at radius 2 is 1.83 bits per heavy atom. The molecule has 5 nitrogen and oxygen atoms in total. The van der Waals surface area contributed by atoms with E-state index in [9.17, 15) is 0 Å². The van der Waals surface area contributed by atoms with Gasteiger partial charge in [0.2, 0.25) is 0 Å². The van der Waals surface area contributed by atoms with Crippen molar-refractivity contribution < 1.29 is 36.1 Å². The van der Waals surface area contributed by atoms with Crippen LogP contribution in [0.25, 0.3) is 0 Å². The Morgan fingerprint density at radius 3 is 1.83 bits per heavy atom. The molecule has 0 rings (SSSR count). The Labute approximate surface area is 47.0 Å². The molecule has 0 spiro atoms. The first-order chi connectivity index (χ1) is 1.73. The summed E-state index contributed by atoms with van der Waals surface area (Å²) in [5.74, 6) is 0. The minimum atomic E-state index is -1.50. The maximum atomic E-state index is 8.36. The minimum Gasteiger partial charge on any atom is -1.00 e. The van der Waals surface area contributed by atoms with Gasteiger partial charge in [0, 0.05) is 0 Å². The van der Waals surface area contributed by atoms with Crippen LogP contribution in [0.2, 0.25) is 0 Å². The monoisotopic (exact) mass is 89.0 g/mol. The smallest absolute Gasteiger partial charge is 1.00 e. The van der Waals surface area contributed by atoms with Gasteiger partial charge in [-0.1, -0.05) is 0 Å². The van der Waals surface area contributed by atoms with Crippen LogP contribution in [0.3, 0.4) is 0 Å². The first kappa shape index (κ1) is 17.1. The molecule has 0 saturated carbocycles. The fraction of sp³-hybridized carbons (Fsp3) is 0. The van der Waals surface area contributed by atoms with E-state index >= 15 is 0 Å². The van der Waals surface area contributed by atoms with Gasteiger partial charge in [0.05, 0.1) is 0 Å². The van der Waals surface area contributed by atoms with E-state index in [1.54, 1.807) is 0 Å². The van der Waals surface area contributed by atoms with Crippen LogP contribution >= 0.6 is 0 Å². The first-order valence-corrected chi connectivity index (χ1v) is 0.565. The van der Waals surface area contributed by atoms with Gasteiger partial charge in [-0.25, -0.2) is 0 Å². The molecule has 0 unspecified atom stereocenters. The van der Waals surface area contributed by atoms with Gasteiger partial charge in [-0.15, -0.1) is 10.1 Å². The van der Waals surface area contributed by atoms with Gasteiger partial charge < -0.3 is 12.1 Å². The maximum absolute atomic E-state index is 8.36. The molecule has 0 fully saturated rings. The average Bonchev–Trinajstić information content (AvgIpc) is 0.811. The summed E-state index contributed by atoms with van der Waals surface area (Å²) in [5.41, 5.74) is 0. The summed E-state index contributed by atoms with van der Waals surface area (Å²) >= 11 is 0. The second-order valence-electron chi connectivity index (χ2n) is 0.238. The fourth-order valence-electron chi connectivity index (χ4n) is 0. The zero-order valence-electron chi connectivity index (χ0n) is 4.21. The van der Waals surface area contributed by atoms with E-state index < -0.39 is 5.09 Å². The Morgan fingerprint density at radius 1 is 1.83 bits per heavy atom. The van der Waals surface area contributed by atoms with E-state index in [4.69, 9.17) is 15.3 Å². The Hall–Kier alpha value is -0.243. The fourth-order valence-corrected chi connectivity index (χ4v) is 0. The first-order valence-electron chi connectivity index (χ1n) is 0.565. The molecular weight excluding hydrogens is 84.9 g/mol. The summed E-state index contributed by atoms with van der Waals surface area (Å²) in [5, 5.41) is 13.6. The van der Waals surface area contributed by atoms with Crippen molar-refractivity contribution in [1.29, 1.82) is 0 Å². The molecule has 0 atom stereocenters. The third kappa shape index (κ3) is 485. The predicted octanol–water partition coefficient (Wildman–Crippen LogP) is -4.06. The predicted molar refractivity (Wildman–Crippen MR) is 13.5 cm³/mol. The molecule has 0 saturated heterocycles. The van der Waals surface area contributed by atoms with Crippen molar-refractivity contribution in [2.75, 3.05) is 0 Å². The molecule has 0 aromatic carbocycles. The number of rotatable bonds is 0. The van der Waals surface area contributed by atoms with Crippen LogP contribution in [-0.2, 0) is 0 Å². The van der Waals surface area contributed by atoms with Crippen molar-refractivity contribution in [2.45, 2.75) is 0 Å². The van der Waals surface area contributed by atoms with Gasteiger partial charge in [-0.3, -0.25) is 0 Å². The largest absolute Gasteiger partial charge is 1.00 e. The van der Waals surface area contributed by atoms with Gasteiger partial charge in [0.15, 0.2) is 0 Å². The minimum absolute atomic E-state index is 0. The Kier molecular flexibility index (Phi) is 25.2. The third-order valence-corrected chi connectivity index (χ3v) is 0. The van der Waals surface area contributed by atoms with Crippen molar-refractivity contribution in [1.82, 2.24) is 0 Å². The molecule has 0 bridgehead atoms. The molecule has 0 heterocycles. The molecule has 0 aromatic rings. The van der Waals surface area contributed by atoms with E-state index in [1.165, 1.54) is 0 Å². The molecule has 6 heteroatoms. The summed E-state index contributed by atoms with van der Waals surface area (Å²) in [6.07, 6.45) is 0. The zero-order chi connectivity index (χ0) is 3.58. The number of hydrogen-bond donors (Lipinski definition) is 1. The average molecular weight is 89.0 g/mol. The molecule has 3 N–H and O–H groups in total. The van der Waals surface area contributed by atoms with E-state index in [2.05, 4.69) is 0 Å². The van der Waals surface area contributed by atoms with Crippen molar-refractivity contribution in [3.63, 3.8) is 0 Å². The summed E-state index contributed by atoms with van der Waals surface area (Å²) in [7, 11) is 0. The molecule has 0 aromatic heterocycles. The Bertz CT molecular complexity index is 34.7. The maximum Gasteiger partial charge on any atom is 1.00 e. The molecule has 34 valence electrons. The molecule has 0 radical (unpaired) electrons. The number of hydrogen-bond acceptors (Lipinski definition) is 2. The topological polar surface area (TPSA) is 94.9 Å². The molecular formula is H4LiNO4. The van der Waals surface area contributed by atoms with Crippen LogP contribution in [0.1, 0.15) is 1.43 Å². The van der Waals surface area contributed by atoms with Crippen LogP contribution in [0.4, 0.5) is 0 Å². The van der Waals surface area contributed by atoms with Gasteiger partial charge in [-0.2, -0.15) is 0 Å². The molecule has 0 amide bonds. The summed E-state index contributed by atoms with van der Waals surface area (Å²) < 4.78 is 0. The van der Waals surface area contributed by atoms with Crippen LogP contribution < -0.4 is 18.9 Å². The second kappa shape index (κ2) is 8.83. The van der Waals surface area contributed by atoms with Crippen LogP contribution in [0.15, 0.2) is 0 Å². The van der Waals surface area contributed by atoms with Crippen molar-refractivity contribution in [3.05, 3.63) is 10.1 Å². The van der Waals surface area contributed by atoms with Gasteiger partial charge in [0.1, 0.15) is 0 Å². The van der Waals surface area contributed by atoms with E-state index in [0.717, 1.165) is 0 Å². The molecule has 0 aliphatic heterocycles. The molecule has 6 heavy (non-hydrogen) atoms. The van der Waals surface area contributed by atoms with E-state index in [1.807, 2.05) is 0 Å². The van der Waals surface area contributed by atoms with Crippen molar-refractivity contribution >= 4 is 0 Å². The Balaban J connectivity index is -0.0000000150. The normalized spacial score (nSPS) is 4.00. The van der Waals surface area contributed by atoms with Crippen LogP contribution in [0, 0.1) is 10.1 Å². The number of nitrogens with zero attached hydrogens (tertiary/aromatic N) is 1. The second-order valence-corrected chi connectivity index (χ2v) is 0.238.